The summed E-state index contributed by atoms with van der Waals surface area (Å²) < 4.78 is 52.9. The highest BCUT2D eigenvalue weighted by molar-refractivity contribution is 5.65. The number of hydrogen-bond acceptors (Lipinski definition) is 6. The summed E-state index contributed by atoms with van der Waals surface area (Å²) in [6.45, 7) is 6.75. The minimum absolute atomic E-state index is 0.0541. The standard InChI is InChI=1S/C17H25F4N5O/c1-8(2)9(3)22-15-24-14(11-6-5-7-12(27)13(11)18)25-16(26-15)23-10(4)17(19,20)21/h8-10,12,27H,5-7H2,1-4H3,(H2,22,23,24,25,26)/t9-,10+,12?/m0/s1. The molecule has 1 aliphatic rings. The van der Waals surface area contributed by atoms with Crippen LogP contribution in [-0.2, 0) is 0 Å². The van der Waals surface area contributed by atoms with E-state index in [1.165, 1.54) is 0 Å². The molecule has 1 aromatic heterocycles. The molecule has 0 bridgehead atoms. The Morgan fingerprint density at radius 3 is 2.19 bits per heavy atom. The van der Waals surface area contributed by atoms with Crippen molar-refractivity contribution in [3.8, 4) is 0 Å². The highest BCUT2D eigenvalue weighted by atomic mass is 19.4. The lowest BCUT2D eigenvalue weighted by Crippen LogP contribution is -2.34. The van der Waals surface area contributed by atoms with Crippen LogP contribution < -0.4 is 10.6 Å². The lowest BCUT2D eigenvalue weighted by Gasteiger charge is -2.22. The number of alkyl halides is 3. The maximum atomic E-state index is 14.3. The van der Waals surface area contributed by atoms with E-state index in [0.717, 1.165) is 6.92 Å². The van der Waals surface area contributed by atoms with E-state index in [-0.39, 0.29) is 41.7 Å². The number of halogens is 4. The van der Waals surface area contributed by atoms with Crippen molar-refractivity contribution in [3.63, 3.8) is 0 Å². The van der Waals surface area contributed by atoms with E-state index in [0.29, 0.717) is 12.8 Å². The van der Waals surface area contributed by atoms with Crippen molar-refractivity contribution < 1.29 is 22.7 Å². The van der Waals surface area contributed by atoms with Gasteiger partial charge in [-0.1, -0.05) is 13.8 Å². The van der Waals surface area contributed by atoms with Crippen molar-refractivity contribution in [2.24, 2.45) is 5.92 Å². The quantitative estimate of drug-likeness (QED) is 0.638. The molecule has 0 aromatic carbocycles. The molecule has 0 saturated carbocycles. The molecule has 6 nitrogen and oxygen atoms in total. The lowest BCUT2D eigenvalue weighted by atomic mass is 9.96. The fourth-order valence-corrected chi connectivity index (χ4v) is 2.42. The van der Waals surface area contributed by atoms with E-state index in [2.05, 4.69) is 25.6 Å². The molecule has 10 heteroatoms. The molecular formula is C17H25F4N5O. The number of hydrogen-bond donors (Lipinski definition) is 3. The van der Waals surface area contributed by atoms with Crippen LogP contribution in [0.4, 0.5) is 29.5 Å². The largest absolute Gasteiger partial charge is 0.408 e. The average molecular weight is 391 g/mol. The number of nitrogens with zero attached hydrogens (tertiary/aromatic N) is 3. The third-order valence-corrected chi connectivity index (χ3v) is 4.58. The number of aliphatic hydroxyl groups excluding tert-OH is 1. The number of anilines is 2. The third-order valence-electron chi connectivity index (χ3n) is 4.58. The molecule has 3 N–H and O–H groups in total. The second-order valence-electron chi connectivity index (χ2n) is 7.13. The molecule has 0 aliphatic heterocycles. The van der Waals surface area contributed by atoms with Crippen molar-refractivity contribution in [2.75, 3.05) is 10.6 Å². The predicted molar refractivity (Wildman–Crippen MR) is 94.8 cm³/mol. The van der Waals surface area contributed by atoms with Crippen LogP contribution in [0.2, 0.25) is 0 Å². The number of allylic oxidation sites excluding steroid dienone is 1. The second kappa shape index (κ2) is 8.37. The second-order valence-corrected chi connectivity index (χ2v) is 7.13. The molecular weight excluding hydrogens is 366 g/mol. The Labute approximate surface area is 155 Å². The Hall–Kier alpha value is -1.97. The van der Waals surface area contributed by atoms with Crippen LogP contribution in [0.3, 0.4) is 0 Å². The first kappa shape index (κ1) is 21.3. The molecule has 3 atom stereocenters. The zero-order chi connectivity index (χ0) is 20.4. The number of aromatic nitrogens is 3. The summed E-state index contributed by atoms with van der Waals surface area (Å²) in [5.41, 5.74) is 0.0964. The van der Waals surface area contributed by atoms with Crippen LogP contribution in [0.15, 0.2) is 5.83 Å². The maximum Gasteiger partial charge on any atom is 0.408 e. The number of nitrogens with one attached hydrogen (secondary N) is 2. The predicted octanol–water partition coefficient (Wildman–Crippen LogP) is 3.92. The van der Waals surface area contributed by atoms with Gasteiger partial charge in [0.05, 0.1) is 0 Å². The molecule has 0 amide bonds. The van der Waals surface area contributed by atoms with Gasteiger partial charge in [-0.25, -0.2) is 4.39 Å². The van der Waals surface area contributed by atoms with Crippen molar-refractivity contribution in [2.45, 2.75) is 71.3 Å². The first-order chi connectivity index (χ1) is 12.5. The van der Waals surface area contributed by atoms with Crippen LogP contribution in [0.1, 0.15) is 52.8 Å². The summed E-state index contributed by atoms with van der Waals surface area (Å²) in [4.78, 5) is 12.1. The molecule has 2 rings (SSSR count). The van der Waals surface area contributed by atoms with Crippen molar-refractivity contribution >= 4 is 17.5 Å². The first-order valence-electron chi connectivity index (χ1n) is 8.92. The van der Waals surface area contributed by atoms with Gasteiger partial charge in [-0.3, -0.25) is 0 Å². The smallest absolute Gasteiger partial charge is 0.386 e. The molecule has 0 radical (unpaired) electrons. The lowest BCUT2D eigenvalue weighted by molar-refractivity contribution is -0.138. The van der Waals surface area contributed by atoms with Crippen molar-refractivity contribution in [1.82, 2.24) is 15.0 Å². The van der Waals surface area contributed by atoms with Gasteiger partial charge >= 0.3 is 6.18 Å². The first-order valence-corrected chi connectivity index (χ1v) is 8.92. The Morgan fingerprint density at radius 2 is 1.63 bits per heavy atom. The van der Waals surface area contributed by atoms with Gasteiger partial charge in [0.1, 0.15) is 18.0 Å². The highest BCUT2D eigenvalue weighted by Crippen LogP contribution is 2.32. The van der Waals surface area contributed by atoms with E-state index < -0.39 is 24.1 Å². The van der Waals surface area contributed by atoms with Crippen LogP contribution >= 0.6 is 0 Å². The topological polar surface area (TPSA) is 83.0 Å². The van der Waals surface area contributed by atoms with Gasteiger partial charge < -0.3 is 15.7 Å². The molecule has 1 aliphatic carbocycles. The zero-order valence-corrected chi connectivity index (χ0v) is 15.7. The molecule has 0 spiro atoms. The van der Waals surface area contributed by atoms with E-state index in [4.69, 9.17) is 0 Å². The van der Waals surface area contributed by atoms with E-state index in [1.807, 2.05) is 20.8 Å². The van der Waals surface area contributed by atoms with Crippen LogP contribution in [0.25, 0.3) is 5.57 Å². The molecule has 1 heterocycles. The fraction of sp³-hybridized carbons (Fsp3) is 0.706. The van der Waals surface area contributed by atoms with Crippen LogP contribution in [0, 0.1) is 5.92 Å². The summed E-state index contributed by atoms with van der Waals surface area (Å²) in [7, 11) is 0. The van der Waals surface area contributed by atoms with Gasteiger partial charge in [-0.2, -0.15) is 28.1 Å². The molecule has 1 aromatic rings. The van der Waals surface area contributed by atoms with Crippen LogP contribution in [-0.4, -0.2) is 44.4 Å². The SMILES string of the molecule is CC(C)[C@H](C)Nc1nc(N[C@H](C)C(F)(F)F)nc(C2=C(F)C(O)CCC2)n1. The monoisotopic (exact) mass is 391 g/mol. The summed E-state index contributed by atoms with van der Waals surface area (Å²) in [6.07, 6.45) is -4.63. The van der Waals surface area contributed by atoms with Gasteiger partial charge in [0.2, 0.25) is 11.9 Å². The molecule has 1 unspecified atom stereocenters. The third kappa shape index (κ3) is 5.50. The van der Waals surface area contributed by atoms with Crippen molar-refractivity contribution in [3.05, 3.63) is 11.7 Å². The highest BCUT2D eigenvalue weighted by Gasteiger charge is 2.36. The Bertz CT molecular complexity index is 692. The van der Waals surface area contributed by atoms with Gasteiger partial charge in [-0.15, -0.1) is 0 Å². The minimum Gasteiger partial charge on any atom is -0.386 e. The number of rotatable bonds is 6. The Balaban J connectivity index is 2.43. The molecule has 152 valence electrons. The fourth-order valence-electron chi connectivity index (χ4n) is 2.42. The van der Waals surface area contributed by atoms with E-state index in [1.54, 1.807) is 0 Å². The number of aliphatic hydroxyl groups is 1. The minimum atomic E-state index is -4.49. The van der Waals surface area contributed by atoms with Crippen molar-refractivity contribution in [1.29, 1.82) is 0 Å². The normalized spacial score (nSPS) is 20.6. The van der Waals surface area contributed by atoms with Gasteiger partial charge in [-0.05, 0) is 39.0 Å². The van der Waals surface area contributed by atoms with E-state index in [9.17, 15) is 22.7 Å². The summed E-state index contributed by atoms with van der Waals surface area (Å²) >= 11 is 0. The van der Waals surface area contributed by atoms with Gasteiger partial charge in [0.25, 0.3) is 0 Å². The molecule has 0 fully saturated rings. The summed E-state index contributed by atoms with van der Waals surface area (Å²) in [5.74, 6) is -0.855. The zero-order valence-electron chi connectivity index (χ0n) is 15.7. The average Bonchev–Trinajstić information content (AvgIpc) is 2.56. The van der Waals surface area contributed by atoms with E-state index >= 15 is 0 Å². The van der Waals surface area contributed by atoms with Gasteiger partial charge in [0, 0.05) is 11.6 Å². The maximum absolute atomic E-state index is 14.3. The molecule has 27 heavy (non-hydrogen) atoms. The summed E-state index contributed by atoms with van der Waals surface area (Å²) in [6, 6.07) is -1.96. The Kier molecular flexibility index (Phi) is 6.61. The Morgan fingerprint density at radius 1 is 1.04 bits per heavy atom. The molecule has 0 saturated heterocycles. The summed E-state index contributed by atoms with van der Waals surface area (Å²) in [5, 5.41) is 14.9. The van der Waals surface area contributed by atoms with Crippen LogP contribution in [0.5, 0.6) is 0 Å². The van der Waals surface area contributed by atoms with Gasteiger partial charge in [0.15, 0.2) is 5.82 Å².